The highest BCUT2D eigenvalue weighted by Crippen LogP contribution is 2.38. The van der Waals surface area contributed by atoms with Gasteiger partial charge in [0.1, 0.15) is 11.0 Å². The Morgan fingerprint density at radius 1 is 1.42 bits per heavy atom. The van der Waals surface area contributed by atoms with Crippen LogP contribution in [0.3, 0.4) is 0 Å². The maximum absolute atomic E-state index is 12.5. The summed E-state index contributed by atoms with van der Waals surface area (Å²) in [5.41, 5.74) is 3.06. The Morgan fingerprint density at radius 3 is 2.68 bits per heavy atom. The van der Waals surface area contributed by atoms with E-state index in [0.29, 0.717) is 0 Å². The molecule has 2 unspecified atom stereocenters. The van der Waals surface area contributed by atoms with Crippen LogP contribution in [0.2, 0.25) is 0 Å². The van der Waals surface area contributed by atoms with Crippen molar-refractivity contribution in [3.8, 4) is 6.07 Å². The summed E-state index contributed by atoms with van der Waals surface area (Å²) in [5, 5.41) is 9.14. The molecule has 0 N–H and O–H groups in total. The fourth-order valence-electron chi connectivity index (χ4n) is 2.66. The molecule has 102 valence electrons. The Bertz CT molecular complexity index is 554. The zero-order valence-corrected chi connectivity index (χ0v) is 12.8. The largest absolute Gasteiger partial charge is 0.242 e. The second-order valence-electron chi connectivity index (χ2n) is 5.95. The van der Waals surface area contributed by atoms with Gasteiger partial charge in [0.05, 0.1) is 16.4 Å². The molecule has 0 saturated heterocycles. The number of nitrogens with zero attached hydrogens (tertiary/aromatic N) is 2. The minimum atomic E-state index is -1.04. The predicted octanol–water partition coefficient (Wildman–Crippen LogP) is 2.94. The number of rotatable bonds is 2. The van der Waals surface area contributed by atoms with Gasteiger partial charge in [-0.25, -0.2) is 8.51 Å². The van der Waals surface area contributed by atoms with Crippen LogP contribution < -0.4 is 0 Å². The van der Waals surface area contributed by atoms with Gasteiger partial charge in [-0.3, -0.25) is 0 Å². The highest BCUT2D eigenvalue weighted by Gasteiger charge is 2.34. The summed E-state index contributed by atoms with van der Waals surface area (Å²) in [6, 6.07) is 8.25. The van der Waals surface area contributed by atoms with Gasteiger partial charge in [-0.1, -0.05) is 12.1 Å². The fourth-order valence-corrected chi connectivity index (χ4v) is 3.98. The van der Waals surface area contributed by atoms with Crippen LogP contribution in [0.5, 0.6) is 0 Å². The molecule has 2 rings (SSSR count). The molecule has 4 heteroatoms. The van der Waals surface area contributed by atoms with Gasteiger partial charge in [-0.2, -0.15) is 5.26 Å². The van der Waals surface area contributed by atoms with Gasteiger partial charge in [0.25, 0.3) is 0 Å². The first-order chi connectivity index (χ1) is 8.86. The summed E-state index contributed by atoms with van der Waals surface area (Å²) in [4.78, 5) is 0. The van der Waals surface area contributed by atoms with Crippen LogP contribution in [0.25, 0.3) is 0 Å². The fraction of sp³-hybridized carbons (Fsp3) is 0.533. The van der Waals surface area contributed by atoms with E-state index in [-0.39, 0.29) is 10.8 Å². The Labute approximate surface area is 117 Å². The molecule has 1 aromatic carbocycles. The molecule has 0 fully saturated rings. The third-order valence-electron chi connectivity index (χ3n) is 3.58. The number of hydrogen-bond acceptors (Lipinski definition) is 2. The minimum Gasteiger partial charge on any atom is -0.242 e. The molecule has 1 aromatic rings. The van der Waals surface area contributed by atoms with Crippen molar-refractivity contribution in [3.05, 3.63) is 34.9 Å². The Balaban J connectivity index is 2.34. The summed E-state index contributed by atoms with van der Waals surface area (Å²) in [6.07, 6.45) is 1.84. The number of fused-ring (bicyclic) bond motifs is 1. The molecular weight excluding hydrogens is 256 g/mol. The standard InChI is InChI=1S/C15H20N2OS/c1-15(2,3)19(18)17(4)14-9-8-12-11(10-16)6-5-7-13(12)14/h5-7,14H,8-9H2,1-4H3. The van der Waals surface area contributed by atoms with Crippen molar-refractivity contribution in [1.29, 1.82) is 5.26 Å². The van der Waals surface area contributed by atoms with E-state index < -0.39 is 11.0 Å². The van der Waals surface area contributed by atoms with Crippen LogP contribution in [-0.4, -0.2) is 20.3 Å². The predicted molar refractivity (Wildman–Crippen MR) is 77.9 cm³/mol. The lowest BCUT2D eigenvalue weighted by Gasteiger charge is -2.30. The molecule has 0 spiro atoms. The van der Waals surface area contributed by atoms with Crippen molar-refractivity contribution in [2.75, 3.05) is 7.05 Å². The van der Waals surface area contributed by atoms with Crippen LogP contribution in [0.1, 0.15) is 49.9 Å². The molecule has 1 aliphatic carbocycles. The lowest BCUT2D eigenvalue weighted by Crippen LogP contribution is -2.36. The Kier molecular flexibility index (Phi) is 3.80. The van der Waals surface area contributed by atoms with Crippen molar-refractivity contribution in [1.82, 2.24) is 4.31 Å². The van der Waals surface area contributed by atoms with E-state index in [1.807, 2.05) is 44.3 Å². The minimum absolute atomic E-state index is 0.156. The molecular formula is C15H20N2OS. The normalized spacial score (nSPS) is 20.1. The summed E-state index contributed by atoms with van der Waals surface area (Å²) in [6.45, 7) is 5.96. The van der Waals surface area contributed by atoms with E-state index in [0.717, 1.165) is 24.0 Å². The number of hydrogen-bond donors (Lipinski definition) is 0. The zero-order chi connectivity index (χ0) is 14.2. The molecule has 19 heavy (non-hydrogen) atoms. The maximum Gasteiger partial charge on any atom is 0.100 e. The summed E-state index contributed by atoms with van der Waals surface area (Å²) >= 11 is 0. The van der Waals surface area contributed by atoms with E-state index >= 15 is 0 Å². The molecule has 2 atom stereocenters. The Morgan fingerprint density at radius 2 is 2.11 bits per heavy atom. The second kappa shape index (κ2) is 5.07. The van der Waals surface area contributed by atoms with E-state index in [2.05, 4.69) is 12.1 Å². The van der Waals surface area contributed by atoms with Crippen molar-refractivity contribution in [2.45, 2.75) is 44.4 Å². The van der Waals surface area contributed by atoms with Crippen LogP contribution in [0.15, 0.2) is 18.2 Å². The Hall–Kier alpha value is -1.18. The molecule has 0 heterocycles. The first kappa shape index (κ1) is 14.2. The van der Waals surface area contributed by atoms with Crippen molar-refractivity contribution in [2.24, 2.45) is 0 Å². The highest BCUT2D eigenvalue weighted by molar-refractivity contribution is 7.84. The molecule has 0 saturated carbocycles. The average Bonchev–Trinajstić information content (AvgIpc) is 2.79. The molecule has 0 bridgehead atoms. The monoisotopic (exact) mass is 276 g/mol. The highest BCUT2D eigenvalue weighted by atomic mass is 32.2. The van der Waals surface area contributed by atoms with Gasteiger partial charge < -0.3 is 0 Å². The third-order valence-corrected chi connectivity index (χ3v) is 5.41. The van der Waals surface area contributed by atoms with Gasteiger partial charge >= 0.3 is 0 Å². The summed E-state index contributed by atoms with van der Waals surface area (Å²) in [7, 11) is 0.880. The first-order valence-corrected chi connectivity index (χ1v) is 7.63. The molecule has 0 aliphatic heterocycles. The number of nitriles is 1. The maximum atomic E-state index is 12.5. The molecule has 0 amide bonds. The quantitative estimate of drug-likeness (QED) is 0.833. The van der Waals surface area contributed by atoms with E-state index in [1.54, 1.807) is 0 Å². The third kappa shape index (κ3) is 2.58. The lowest BCUT2D eigenvalue weighted by molar-refractivity contribution is 0.390. The SMILES string of the molecule is CN(C1CCc2c(C#N)cccc21)S(=O)C(C)(C)C. The van der Waals surface area contributed by atoms with E-state index in [9.17, 15) is 4.21 Å². The zero-order valence-electron chi connectivity index (χ0n) is 11.9. The van der Waals surface area contributed by atoms with Crippen molar-refractivity contribution >= 4 is 11.0 Å². The molecule has 3 nitrogen and oxygen atoms in total. The molecule has 0 radical (unpaired) electrons. The average molecular weight is 276 g/mol. The van der Waals surface area contributed by atoms with Crippen molar-refractivity contribution < 1.29 is 4.21 Å². The van der Waals surface area contributed by atoms with E-state index in [1.165, 1.54) is 5.56 Å². The van der Waals surface area contributed by atoms with Crippen LogP contribution >= 0.6 is 0 Å². The summed E-state index contributed by atoms with van der Waals surface area (Å²) < 4.78 is 14.2. The number of benzene rings is 1. The van der Waals surface area contributed by atoms with Gasteiger partial charge in [0, 0.05) is 13.1 Å². The lowest BCUT2D eigenvalue weighted by atomic mass is 10.0. The van der Waals surface area contributed by atoms with Crippen LogP contribution in [0, 0.1) is 11.3 Å². The van der Waals surface area contributed by atoms with E-state index in [4.69, 9.17) is 5.26 Å². The van der Waals surface area contributed by atoms with Gasteiger partial charge in [0.2, 0.25) is 0 Å². The van der Waals surface area contributed by atoms with Gasteiger partial charge in [-0.05, 0) is 50.8 Å². The first-order valence-electron chi connectivity index (χ1n) is 6.53. The van der Waals surface area contributed by atoms with Crippen LogP contribution in [-0.2, 0) is 17.4 Å². The van der Waals surface area contributed by atoms with Gasteiger partial charge in [0.15, 0.2) is 0 Å². The van der Waals surface area contributed by atoms with Crippen molar-refractivity contribution in [3.63, 3.8) is 0 Å². The molecule has 0 aromatic heterocycles. The second-order valence-corrected chi connectivity index (χ2v) is 8.25. The topological polar surface area (TPSA) is 44.1 Å². The molecule has 1 aliphatic rings. The van der Waals surface area contributed by atoms with Gasteiger partial charge in [-0.15, -0.1) is 0 Å². The van der Waals surface area contributed by atoms with Crippen LogP contribution in [0.4, 0.5) is 0 Å². The summed E-state index contributed by atoms with van der Waals surface area (Å²) in [5.74, 6) is 0. The smallest absolute Gasteiger partial charge is 0.100 e.